The van der Waals surface area contributed by atoms with Gasteiger partial charge < -0.3 is 15.5 Å². The van der Waals surface area contributed by atoms with Crippen LogP contribution in [0.4, 0.5) is 0 Å². The molecule has 1 fully saturated rings. The second-order valence-corrected chi connectivity index (χ2v) is 4.44. The summed E-state index contributed by atoms with van der Waals surface area (Å²) in [6.07, 6.45) is 1.22. The average Bonchev–Trinajstić information content (AvgIpc) is 2.62. The van der Waals surface area contributed by atoms with Crippen LogP contribution in [0.25, 0.3) is 0 Å². The molecule has 80 valence electrons. The molecule has 2 aliphatic rings. The van der Waals surface area contributed by atoms with Crippen LogP contribution in [-0.2, 0) is 0 Å². The van der Waals surface area contributed by atoms with Gasteiger partial charge in [0.05, 0.1) is 6.54 Å². The molecule has 2 heterocycles. The first-order valence-corrected chi connectivity index (χ1v) is 5.49. The van der Waals surface area contributed by atoms with Gasteiger partial charge in [0.1, 0.15) is 0 Å². The third-order valence-electron chi connectivity index (χ3n) is 3.10. The summed E-state index contributed by atoms with van der Waals surface area (Å²) in [4.78, 5) is 6.76. The van der Waals surface area contributed by atoms with E-state index in [-0.39, 0.29) is 0 Å². The minimum atomic E-state index is 0.593. The molecule has 2 N–H and O–H groups in total. The molecular formula is C10H20N4. The lowest BCUT2D eigenvalue weighted by Crippen LogP contribution is -2.51. The van der Waals surface area contributed by atoms with Crippen molar-refractivity contribution < 1.29 is 0 Å². The predicted molar refractivity (Wildman–Crippen MR) is 58.5 cm³/mol. The molecule has 2 rings (SSSR count). The molecule has 2 unspecified atom stereocenters. The Labute approximate surface area is 85.8 Å². The molecule has 0 aromatic heterocycles. The maximum atomic E-state index is 4.36. The van der Waals surface area contributed by atoms with Crippen molar-refractivity contribution in [3.8, 4) is 0 Å². The summed E-state index contributed by atoms with van der Waals surface area (Å²) in [5, 5.41) is 6.76. The fraction of sp³-hybridized carbons (Fsp3) is 0.900. The van der Waals surface area contributed by atoms with Gasteiger partial charge in [-0.1, -0.05) is 6.92 Å². The molecule has 1 saturated heterocycles. The van der Waals surface area contributed by atoms with Crippen molar-refractivity contribution >= 4 is 5.96 Å². The van der Waals surface area contributed by atoms with E-state index in [1.165, 1.54) is 19.5 Å². The highest BCUT2D eigenvalue weighted by molar-refractivity contribution is 5.81. The molecule has 0 aromatic carbocycles. The van der Waals surface area contributed by atoms with Crippen LogP contribution in [0.5, 0.6) is 0 Å². The van der Waals surface area contributed by atoms with Crippen LogP contribution in [0.15, 0.2) is 4.99 Å². The van der Waals surface area contributed by atoms with Crippen LogP contribution in [-0.4, -0.2) is 50.1 Å². The lowest BCUT2D eigenvalue weighted by molar-refractivity contribution is 0.186. The Balaban J connectivity index is 1.85. The van der Waals surface area contributed by atoms with E-state index in [1.54, 1.807) is 0 Å². The quantitative estimate of drug-likeness (QED) is 0.614. The maximum absolute atomic E-state index is 4.36. The summed E-state index contributed by atoms with van der Waals surface area (Å²) in [7, 11) is 2.19. The normalized spacial score (nSPS) is 33.7. The Morgan fingerprint density at radius 2 is 2.43 bits per heavy atom. The fourth-order valence-electron chi connectivity index (χ4n) is 2.24. The number of nitrogens with zero attached hydrogens (tertiary/aromatic N) is 2. The Hall–Kier alpha value is -0.770. The van der Waals surface area contributed by atoms with Gasteiger partial charge in [0.25, 0.3) is 0 Å². The van der Waals surface area contributed by atoms with Gasteiger partial charge in [-0.05, 0) is 25.9 Å². The molecular weight excluding hydrogens is 176 g/mol. The van der Waals surface area contributed by atoms with E-state index in [4.69, 9.17) is 0 Å². The second kappa shape index (κ2) is 4.17. The summed E-state index contributed by atoms with van der Waals surface area (Å²) in [6, 6.07) is 0.593. The van der Waals surface area contributed by atoms with Gasteiger partial charge in [0.2, 0.25) is 0 Å². The molecule has 0 amide bonds. The minimum Gasteiger partial charge on any atom is -0.355 e. The van der Waals surface area contributed by atoms with E-state index < -0.39 is 0 Å². The molecule has 0 bridgehead atoms. The Bertz CT molecular complexity index is 226. The van der Waals surface area contributed by atoms with Crippen LogP contribution in [0.1, 0.15) is 13.3 Å². The summed E-state index contributed by atoms with van der Waals surface area (Å²) in [5.74, 6) is 1.71. The topological polar surface area (TPSA) is 39.7 Å². The van der Waals surface area contributed by atoms with Crippen LogP contribution in [0.3, 0.4) is 0 Å². The minimum absolute atomic E-state index is 0.593. The Morgan fingerprint density at radius 3 is 3.07 bits per heavy atom. The molecule has 0 aromatic rings. The zero-order chi connectivity index (χ0) is 9.97. The smallest absolute Gasteiger partial charge is 0.191 e. The number of hydrogen-bond donors (Lipinski definition) is 2. The zero-order valence-corrected chi connectivity index (χ0v) is 9.08. The van der Waals surface area contributed by atoms with Crippen molar-refractivity contribution in [2.24, 2.45) is 10.9 Å². The number of rotatable bonds is 1. The van der Waals surface area contributed by atoms with Crippen molar-refractivity contribution in [3.63, 3.8) is 0 Å². The summed E-state index contributed by atoms with van der Waals surface area (Å²) in [5.41, 5.74) is 0. The summed E-state index contributed by atoms with van der Waals surface area (Å²) >= 11 is 0. The summed E-state index contributed by atoms with van der Waals surface area (Å²) in [6.45, 7) is 6.59. The molecule has 2 aliphatic heterocycles. The number of piperidine rings is 1. The predicted octanol–water partition coefficient (Wildman–Crippen LogP) is -0.125. The number of guanidine groups is 1. The highest BCUT2D eigenvalue weighted by atomic mass is 15.2. The molecule has 0 spiro atoms. The SMILES string of the molecule is CC1CN(C)CCC1NC1=NCCN1. The third-order valence-corrected chi connectivity index (χ3v) is 3.10. The van der Waals surface area contributed by atoms with Crippen LogP contribution < -0.4 is 10.6 Å². The van der Waals surface area contributed by atoms with E-state index in [0.29, 0.717) is 12.0 Å². The van der Waals surface area contributed by atoms with Crippen molar-refractivity contribution in [2.75, 3.05) is 33.2 Å². The van der Waals surface area contributed by atoms with Crippen molar-refractivity contribution in [1.29, 1.82) is 0 Å². The molecule has 0 aliphatic carbocycles. The van der Waals surface area contributed by atoms with Gasteiger partial charge >= 0.3 is 0 Å². The second-order valence-electron chi connectivity index (χ2n) is 4.44. The lowest BCUT2D eigenvalue weighted by atomic mass is 9.94. The zero-order valence-electron chi connectivity index (χ0n) is 9.08. The van der Waals surface area contributed by atoms with Crippen molar-refractivity contribution in [2.45, 2.75) is 19.4 Å². The fourth-order valence-corrected chi connectivity index (χ4v) is 2.24. The Morgan fingerprint density at radius 1 is 1.57 bits per heavy atom. The Kier molecular flexibility index (Phi) is 2.91. The van der Waals surface area contributed by atoms with E-state index in [1.807, 2.05) is 0 Å². The van der Waals surface area contributed by atoms with Gasteiger partial charge in [0.15, 0.2) is 5.96 Å². The first-order chi connectivity index (χ1) is 6.75. The highest BCUT2D eigenvalue weighted by Gasteiger charge is 2.25. The average molecular weight is 196 g/mol. The molecule has 4 nitrogen and oxygen atoms in total. The van der Waals surface area contributed by atoms with Crippen LogP contribution in [0, 0.1) is 5.92 Å². The van der Waals surface area contributed by atoms with Crippen LogP contribution in [0.2, 0.25) is 0 Å². The molecule has 2 atom stereocenters. The van der Waals surface area contributed by atoms with Crippen molar-refractivity contribution in [1.82, 2.24) is 15.5 Å². The number of nitrogens with one attached hydrogen (secondary N) is 2. The van der Waals surface area contributed by atoms with Crippen molar-refractivity contribution in [3.05, 3.63) is 0 Å². The third kappa shape index (κ3) is 2.18. The molecule has 0 radical (unpaired) electrons. The number of hydrogen-bond acceptors (Lipinski definition) is 4. The van der Waals surface area contributed by atoms with E-state index in [9.17, 15) is 0 Å². The first-order valence-electron chi connectivity index (χ1n) is 5.49. The van der Waals surface area contributed by atoms with E-state index >= 15 is 0 Å². The molecule has 0 saturated carbocycles. The van der Waals surface area contributed by atoms with E-state index in [2.05, 4.69) is 34.5 Å². The van der Waals surface area contributed by atoms with Crippen LogP contribution >= 0.6 is 0 Å². The van der Waals surface area contributed by atoms with E-state index in [0.717, 1.165) is 19.0 Å². The largest absolute Gasteiger partial charge is 0.355 e. The van der Waals surface area contributed by atoms with Gasteiger partial charge in [-0.15, -0.1) is 0 Å². The van der Waals surface area contributed by atoms with Gasteiger partial charge in [0, 0.05) is 19.1 Å². The molecule has 14 heavy (non-hydrogen) atoms. The number of aliphatic imine (C=N–C) groups is 1. The number of likely N-dealkylation sites (tertiary alicyclic amines) is 1. The van der Waals surface area contributed by atoms with Gasteiger partial charge in [-0.2, -0.15) is 0 Å². The molecule has 4 heteroatoms. The highest BCUT2D eigenvalue weighted by Crippen LogP contribution is 2.15. The summed E-state index contributed by atoms with van der Waals surface area (Å²) < 4.78 is 0. The maximum Gasteiger partial charge on any atom is 0.191 e. The lowest BCUT2D eigenvalue weighted by Gasteiger charge is -2.35. The van der Waals surface area contributed by atoms with Gasteiger partial charge in [-0.25, -0.2) is 0 Å². The van der Waals surface area contributed by atoms with Gasteiger partial charge in [-0.3, -0.25) is 4.99 Å². The monoisotopic (exact) mass is 196 g/mol. The first kappa shape index (κ1) is 9.77. The standard InChI is InChI=1S/C10H20N4/c1-8-7-14(2)6-3-9(8)13-10-11-4-5-12-10/h8-9H,3-7H2,1-2H3,(H2,11,12,13).